The molecule has 0 amide bonds. The predicted octanol–water partition coefficient (Wildman–Crippen LogP) is 3.90. The highest BCUT2D eigenvalue weighted by atomic mass is 32.1. The summed E-state index contributed by atoms with van der Waals surface area (Å²) in [5.74, 6) is 0.616. The van der Waals surface area contributed by atoms with Crippen LogP contribution in [0.25, 0.3) is 11.3 Å². The number of hydrogen-bond acceptors (Lipinski definition) is 5. The van der Waals surface area contributed by atoms with E-state index < -0.39 is 5.54 Å². The van der Waals surface area contributed by atoms with Crippen LogP contribution in [0.5, 0.6) is 0 Å². The molecule has 0 N–H and O–H groups in total. The van der Waals surface area contributed by atoms with Gasteiger partial charge in [-0.15, -0.1) is 11.3 Å². The maximum atomic E-state index is 13.1. The van der Waals surface area contributed by atoms with Gasteiger partial charge in [-0.2, -0.15) is 0 Å². The Morgan fingerprint density at radius 3 is 2.82 bits per heavy atom. The van der Waals surface area contributed by atoms with Crippen molar-refractivity contribution in [3.8, 4) is 11.3 Å². The number of ether oxygens (including phenoxy) is 1. The van der Waals surface area contributed by atoms with E-state index in [1.807, 2.05) is 37.4 Å². The zero-order chi connectivity index (χ0) is 15.7. The summed E-state index contributed by atoms with van der Waals surface area (Å²) in [5.41, 5.74) is 4.58. The number of ketones is 1. The lowest BCUT2D eigenvalue weighted by atomic mass is 9.85. The van der Waals surface area contributed by atoms with Gasteiger partial charge < -0.3 is 4.74 Å². The molecule has 0 fully saturated rings. The van der Waals surface area contributed by atoms with Gasteiger partial charge in [0.2, 0.25) is 0 Å². The Labute approximate surface area is 133 Å². The second kappa shape index (κ2) is 5.65. The van der Waals surface area contributed by atoms with Crippen molar-refractivity contribution in [1.82, 2.24) is 4.98 Å². The van der Waals surface area contributed by atoms with Crippen LogP contribution in [0.3, 0.4) is 0 Å². The highest BCUT2D eigenvalue weighted by Gasteiger charge is 2.42. The number of carbonyl (C=O) groups is 1. The molecule has 1 aromatic carbocycles. The standard InChI is InChI=1S/C17H18N2O2S/c1-4-17(9-21-12(3)19-17)16(20)14-7-5-6-13(11(14)2)15-8-22-10-18-15/h5-8,10H,4,9H2,1-3H3/t17-/m0/s1. The van der Waals surface area contributed by atoms with E-state index in [9.17, 15) is 4.79 Å². The van der Waals surface area contributed by atoms with Gasteiger partial charge in [-0.25, -0.2) is 9.98 Å². The number of aliphatic imine (C=N–C) groups is 1. The molecular formula is C17H18N2O2S. The van der Waals surface area contributed by atoms with Crippen molar-refractivity contribution in [1.29, 1.82) is 0 Å². The number of aromatic nitrogens is 1. The van der Waals surface area contributed by atoms with Crippen molar-refractivity contribution < 1.29 is 9.53 Å². The Morgan fingerprint density at radius 1 is 1.41 bits per heavy atom. The Bertz CT molecular complexity index is 737. The molecule has 0 bridgehead atoms. The summed E-state index contributed by atoms with van der Waals surface area (Å²) in [4.78, 5) is 21.9. The number of carbonyl (C=O) groups excluding carboxylic acids is 1. The lowest BCUT2D eigenvalue weighted by Crippen LogP contribution is -2.38. The van der Waals surface area contributed by atoms with E-state index in [0.717, 1.165) is 16.8 Å². The minimum atomic E-state index is -0.782. The summed E-state index contributed by atoms with van der Waals surface area (Å²) >= 11 is 1.55. The lowest BCUT2D eigenvalue weighted by molar-refractivity contribution is 0.0854. The topological polar surface area (TPSA) is 51.5 Å². The predicted molar refractivity (Wildman–Crippen MR) is 88.7 cm³/mol. The van der Waals surface area contributed by atoms with Gasteiger partial charge in [-0.1, -0.05) is 25.1 Å². The minimum absolute atomic E-state index is 0.0291. The molecule has 4 nitrogen and oxygen atoms in total. The van der Waals surface area contributed by atoms with E-state index in [2.05, 4.69) is 9.98 Å². The van der Waals surface area contributed by atoms with E-state index >= 15 is 0 Å². The number of rotatable bonds is 4. The minimum Gasteiger partial charge on any atom is -0.478 e. The Kier molecular flexibility index (Phi) is 3.83. The van der Waals surface area contributed by atoms with Crippen LogP contribution in [0, 0.1) is 6.92 Å². The van der Waals surface area contributed by atoms with Gasteiger partial charge in [0.15, 0.2) is 17.2 Å². The summed E-state index contributed by atoms with van der Waals surface area (Å²) in [5, 5.41) is 1.99. The van der Waals surface area contributed by atoms with Crippen molar-refractivity contribution in [2.75, 3.05) is 6.61 Å². The molecule has 2 heterocycles. The van der Waals surface area contributed by atoms with Gasteiger partial charge in [0, 0.05) is 23.4 Å². The third-order valence-corrected chi connectivity index (χ3v) is 4.77. The fourth-order valence-electron chi connectivity index (χ4n) is 2.80. The largest absolute Gasteiger partial charge is 0.478 e. The molecule has 0 aliphatic carbocycles. The molecule has 1 atom stereocenters. The highest BCUT2D eigenvalue weighted by Crippen LogP contribution is 2.32. The Morgan fingerprint density at radius 2 is 2.23 bits per heavy atom. The van der Waals surface area contributed by atoms with Crippen molar-refractivity contribution in [2.45, 2.75) is 32.7 Å². The van der Waals surface area contributed by atoms with Gasteiger partial charge in [0.1, 0.15) is 6.61 Å². The molecule has 0 saturated heterocycles. The smallest absolute Gasteiger partial charge is 0.194 e. The third-order valence-electron chi connectivity index (χ3n) is 4.19. The molecule has 1 aliphatic heterocycles. The summed E-state index contributed by atoms with van der Waals surface area (Å²) in [6.45, 7) is 6.07. The van der Waals surface area contributed by atoms with Crippen LogP contribution in [0.2, 0.25) is 0 Å². The third kappa shape index (κ3) is 2.35. The lowest BCUT2D eigenvalue weighted by Gasteiger charge is -2.22. The van der Waals surface area contributed by atoms with Gasteiger partial charge in [0.25, 0.3) is 0 Å². The van der Waals surface area contributed by atoms with Gasteiger partial charge >= 0.3 is 0 Å². The van der Waals surface area contributed by atoms with Crippen molar-refractivity contribution in [3.63, 3.8) is 0 Å². The van der Waals surface area contributed by atoms with E-state index in [4.69, 9.17) is 4.74 Å². The first-order valence-corrected chi connectivity index (χ1v) is 8.24. The van der Waals surface area contributed by atoms with Crippen LogP contribution in [-0.2, 0) is 4.74 Å². The first-order valence-electron chi connectivity index (χ1n) is 7.29. The van der Waals surface area contributed by atoms with Crippen LogP contribution in [0.15, 0.2) is 34.1 Å². The first-order chi connectivity index (χ1) is 10.6. The summed E-state index contributed by atoms with van der Waals surface area (Å²) in [7, 11) is 0. The van der Waals surface area contributed by atoms with Crippen LogP contribution in [-0.4, -0.2) is 28.8 Å². The maximum absolute atomic E-state index is 13.1. The van der Waals surface area contributed by atoms with Gasteiger partial charge in [-0.05, 0) is 18.9 Å². The normalized spacial score (nSPS) is 20.6. The average molecular weight is 314 g/mol. The van der Waals surface area contributed by atoms with Crippen LogP contribution < -0.4 is 0 Å². The maximum Gasteiger partial charge on any atom is 0.194 e. The van der Waals surface area contributed by atoms with Crippen LogP contribution >= 0.6 is 11.3 Å². The van der Waals surface area contributed by atoms with Crippen molar-refractivity contribution in [3.05, 3.63) is 40.2 Å². The summed E-state index contributed by atoms with van der Waals surface area (Å²) in [6, 6.07) is 5.78. The molecule has 1 aromatic heterocycles. The number of thiazole rings is 1. The summed E-state index contributed by atoms with van der Waals surface area (Å²) < 4.78 is 5.46. The van der Waals surface area contributed by atoms with E-state index in [-0.39, 0.29) is 5.78 Å². The molecular weight excluding hydrogens is 296 g/mol. The molecule has 22 heavy (non-hydrogen) atoms. The van der Waals surface area contributed by atoms with Gasteiger partial charge in [-0.3, -0.25) is 4.79 Å². The molecule has 0 saturated carbocycles. The second-order valence-electron chi connectivity index (χ2n) is 5.49. The van der Waals surface area contributed by atoms with Crippen molar-refractivity contribution >= 4 is 23.0 Å². The van der Waals surface area contributed by atoms with E-state index in [0.29, 0.717) is 24.5 Å². The molecule has 5 heteroatoms. The van der Waals surface area contributed by atoms with Crippen LogP contribution in [0.4, 0.5) is 0 Å². The SMILES string of the molecule is CC[C@@]1(C(=O)c2cccc(-c3cscn3)c2C)COC(C)=N1. The van der Waals surface area contributed by atoms with Crippen molar-refractivity contribution in [2.24, 2.45) is 4.99 Å². The molecule has 0 radical (unpaired) electrons. The Balaban J connectivity index is 2.06. The second-order valence-corrected chi connectivity index (χ2v) is 6.20. The number of benzene rings is 1. The van der Waals surface area contributed by atoms with Crippen LogP contribution in [0.1, 0.15) is 36.2 Å². The van der Waals surface area contributed by atoms with Gasteiger partial charge in [0.05, 0.1) is 11.2 Å². The average Bonchev–Trinajstić information content (AvgIpc) is 3.17. The zero-order valence-corrected chi connectivity index (χ0v) is 13.7. The first kappa shape index (κ1) is 14.9. The molecule has 0 spiro atoms. The fraction of sp³-hybridized carbons (Fsp3) is 0.353. The number of hydrogen-bond donors (Lipinski definition) is 0. The van der Waals surface area contributed by atoms with E-state index in [1.54, 1.807) is 23.8 Å². The quantitative estimate of drug-likeness (QED) is 0.804. The molecule has 3 rings (SSSR count). The molecule has 1 aliphatic rings. The Hall–Kier alpha value is -2.01. The monoisotopic (exact) mass is 314 g/mol. The number of nitrogens with zero attached hydrogens (tertiary/aromatic N) is 2. The zero-order valence-electron chi connectivity index (χ0n) is 12.9. The number of Topliss-reactive ketones (excluding diaryl/α,β-unsaturated/α-hetero) is 1. The van der Waals surface area contributed by atoms with E-state index in [1.165, 1.54) is 0 Å². The molecule has 114 valence electrons. The summed E-state index contributed by atoms with van der Waals surface area (Å²) in [6.07, 6.45) is 0.629. The molecule has 2 aromatic rings. The highest BCUT2D eigenvalue weighted by molar-refractivity contribution is 7.07. The molecule has 0 unspecified atom stereocenters. The fourth-order valence-corrected chi connectivity index (χ4v) is 3.36.